The van der Waals surface area contributed by atoms with Gasteiger partial charge in [0.1, 0.15) is 0 Å². The zero-order valence-corrected chi connectivity index (χ0v) is 12.1. The van der Waals surface area contributed by atoms with Crippen molar-refractivity contribution in [2.24, 2.45) is 5.92 Å². The number of benzene rings is 1. The lowest BCUT2D eigenvalue weighted by Crippen LogP contribution is -2.38. The van der Waals surface area contributed by atoms with Crippen LogP contribution in [0.2, 0.25) is 0 Å². The van der Waals surface area contributed by atoms with Crippen molar-refractivity contribution in [3.63, 3.8) is 0 Å². The van der Waals surface area contributed by atoms with E-state index >= 15 is 0 Å². The summed E-state index contributed by atoms with van der Waals surface area (Å²) >= 11 is 0. The molecule has 0 heterocycles. The Morgan fingerprint density at radius 3 is 2.28 bits per heavy atom. The Bertz CT molecular complexity index is 497. The van der Waals surface area contributed by atoms with Crippen LogP contribution in [0.15, 0.2) is 29.2 Å². The van der Waals surface area contributed by atoms with Crippen LogP contribution in [0.5, 0.6) is 0 Å². The van der Waals surface area contributed by atoms with Gasteiger partial charge in [-0.25, -0.2) is 8.42 Å². The molecule has 0 saturated carbocycles. The highest BCUT2D eigenvalue weighted by molar-refractivity contribution is 7.89. The third-order valence-corrected chi connectivity index (χ3v) is 5.38. The molecule has 5 heteroatoms. The van der Waals surface area contributed by atoms with Gasteiger partial charge in [-0.3, -0.25) is 0 Å². The first-order chi connectivity index (χ1) is 8.32. The van der Waals surface area contributed by atoms with Gasteiger partial charge in [0.05, 0.1) is 11.5 Å². The van der Waals surface area contributed by atoms with Gasteiger partial charge in [-0.2, -0.15) is 4.31 Å². The van der Waals surface area contributed by atoms with E-state index in [-0.39, 0.29) is 23.5 Å². The summed E-state index contributed by atoms with van der Waals surface area (Å²) in [6.07, 6.45) is 0. The number of aliphatic hydroxyl groups is 1. The Kier molecular flexibility index (Phi) is 4.90. The molecule has 18 heavy (non-hydrogen) atoms. The predicted octanol–water partition coefficient (Wildman–Crippen LogP) is 1.84. The van der Waals surface area contributed by atoms with Crippen molar-refractivity contribution in [1.29, 1.82) is 0 Å². The number of nitrogens with zero attached hydrogens (tertiary/aromatic N) is 1. The van der Waals surface area contributed by atoms with Crippen LogP contribution >= 0.6 is 0 Å². The quantitative estimate of drug-likeness (QED) is 0.889. The van der Waals surface area contributed by atoms with Crippen molar-refractivity contribution in [2.75, 3.05) is 7.05 Å². The van der Waals surface area contributed by atoms with Crippen LogP contribution in [0, 0.1) is 5.92 Å². The van der Waals surface area contributed by atoms with Crippen LogP contribution in [0.25, 0.3) is 0 Å². The predicted molar refractivity (Wildman–Crippen MR) is 71.6 cm³/mol. The summed E-state index contributed by atoms with van der Waals surface area (Å²) in [5.74, 6) is 0.228. The van der Waals surface area contributed by atoms with Gasteiger partial charge in [-0.1, -0.05) is 32.0 Å². The molecule has 0 amide bonds. The lowest BCUT2D eigenvalue weighted by atomic mass is 10.1. The zero-order valence-electron chi connectivity index (χ0n) is 11.3. The molecule has 1 aromatic rings. The van der Waals surface area contributed by atoms with Crippen LogP contribution in [-0.4, -0.2) is 30.9 Å². The number of hydrogen-bond donors (Lipinski definition) is 1. The summed E-state index contributed by atoms with van der Waals surface area (Å²) in [5, 5.41) is 9.23. The van der Waals surface area contributed by atoms with Crippen molar-refractivity contribution in [1.82, 2.24) is 4.31 Å². The van der Waals surface area contributed by atoms with Crippen molar-refractivity contribution in [2.45, 2.75) is 38.3 Å². The SMILES string of the molecule is CC(C)C(C)N(C)S(=O)(=O)c1ccccc1CO. The molecular weight excluding hydrogens is 250 g/mol. The first-order valence-electron chi connectivity index (χ1n) is 5.99. The maximum absolute atomic E-state index is 12.5. The molecule has 0 spiro atoms. The van der Waals surface area contributed by atoms with E-state index in [1.54, 1.807) is 25.2 Å². The minimum atomic E-state index is -3.55. The molecular formula is C13H21NO3S. The van der Waals surface area contributed by atoms with Crippen LogP contribution in [0.4, 0.5) is 0 Å². The van der Waals surface area contributed by atoms with E-state index in [4.69, 9.17) is 0 Å². The molecule has 1 unspecified atom stereocenters. The van der Waals surface area contributed by atoms with Crippen LogP contribution in [-0.2, 0) is 16.6 Å². The number of hydrogen-bond acceptors (Lipinski definition) is 3. The van der Waals surface area contributed by atoms with Gasteiger partial charge in [0.15, 0.2) is 0 Å². The Labute approximate surface area is 109 Å². The number of sulfonamides is 1. The van der Waals surface area contributed by atoms with Crippen LogP contribution in [0.1, 0.15) is 26.3 Å². The van der Waals surface area contributed by atoms with Gasteiger partial charge >= 0.3 is 0 Å². The lowest BCUT2D eigenvalue weighted by molar-refractivity contribution is 0.277. The second-order valence-corrected chi connectivity index (χ2v) is 6.74. The fourth-order valence-electron chi connectivity index (χ4n) is 1.68. The Morgan fingerprint density at radius 1 is 1.22 bits per heavy atom. The summed E-state index contributed by atoms with van der Waals surface area (Å²) in [5.41, 5.74) is 0.431. The molecule has 0 radical (unpaired) electrons. The molecule has 0 aliphatic heterocycles. The molecule has 0 aromatic heterocycles. The third-order valence-electron chi connectivity index (χ3n) is 3.34. The standard InChI is InChI=1S/C13H21NO3S/c1-10(2)11(3)14(4)18(16,17)13-8-6-5-7-12(13)9-15/h5-8,10-11,15H,9H2,1-4H3. The van der Waals surface area contributed by atoms with E-state index in [0.717, 1.165) is 0 Å². The van der Waals surface area contributed by atoms with Gasteiger partial charge in [0.2, 0.25) is 10.0 Å². The maximum atomic E-state index is 12.5. The summed E-state index contributed by atoms with van der Waals surface area (Å²) in [4.78, 5) is 0.183. The molecule has 1 N–H and O–H groups in total. The van der Waals surface area contributed by atoms with Gasteiger partial charge < -0.3 is 5.11 Å². The van der Waals surface area contributed by atoms with Crippen molar-refractivity contribution in [3.8, 4) is 0 Å². The highest BCUT2D eigenvalue weighted by atomic mass is 32.2. The van der Waals surface area contributed by atoms with Crippen molar-refractivity contribution >= 4 is 10.0 Å². The first-order valence-corrected chi connectivity index (χ1v) is 7.43. The van der Waals surface area contributed by atoms with Crippen molar-refractivity contribution < 1.29 is 13.5 Å². The maximum Gasteiger partial charge on any atom is 0.243 e. The minimum absolute atomic E-state index is 0.0956. The summed E-state index contributed by atoms with van der Waals surface area (Å²) in [6.45, 7) is 5.56. The highest BCUT2D eigenvalue weighted by Gasteiger charge is 2.28. The molecule has 1 atom stereocenters. The smallest absolute Gasteiger partial charge is 0.243 e. The van der Waals surface area contributed by atoms with Gasteiger partial charge in [0, 0.05) is 13.1 Å². The summed E-state index contributed by atoms with van der Waals surface area (Å²) in [7, 11) is -1.98. The normalized spacial score (nSPS) is 14.2. The first kappa shape index (κ1) is 15.1. The van der Waals surface area contributed by atoms with Crippen LogP contribution < -0.4 is 0 Å². The topological polar surface area (TPSA) is 57.6 Å². The van der Waals surface area contributed by atoms with E-state index in [1.807, 2.05) is 20.8 Å². The highest BCUT2D eigenvalue weighted by Crippen LogP contribution is 2.22. The average molecular weight is 271 g/mol. The Balaban J connectivity index is 3.21. The molecule has 0 bridgehead atoms. The van der Waals surface area contributed by atoms with E-state index in [1.165, 1.54) is 10.4 Å². The van der Waals surface area contributed by atoms with Gasteiger partial charge in [-0.15, -0.1) is 0 Å². The minimum Gasteiger partial charge on any atom is -0.392 e. The average Bonchev–Trinajstić information content (AvgIpc) is 2.36. The van der Waals surface area contributed by atoms with Gasteiger partial charge in [-0.05, 0) is 24.5 Å². The summed E-state index contributed by atoms with van der Waals surface area (Å²) in [6, 6.07) is 6.45. The molecule has 1 aromatic carbocycles. The Morgan fingerprint density at radius 2 is 1.78 bits per heavy atom. The summed E-state index contributed by atoms with van der Waals surface area (Å²) < 4.78 is 26.3. The van der Waals surface area contributed by atoms with E-state index in [2.05, 4.69) is 0 Å². The van der Waals surface area contributed by atoms with Gasteiger partial charge in [0.25, 0.3) is 0 Å². The fraction of sp³-hybridized carbons (Fsp3) is 0.538. The van der Waals surface area contributed by atoms with Crippen LogP contribution in [0.3, 0.4) is 0 Å². The van der Waals surface area contributed by atoms with Crippen molar-refractivity contribution in [3.05, 3.63) is 29.8 Å². The molecule has 4 nitrogen and oxygen atoms in total. The fourth-order valence-corrected chi connectivity index (χ4v) is 3.39. The lowest BCUT2D eigenvalue weighted by Gasteiger charge is -2.27. The number of rotatable bonds is 5. The number of aliphatic hydroxyl groups excluding tert-OH is 1. The molecule has 0 aliphatic carbocycles. The zero-order chi connectivity index (χ0) is 13.9. The molecule has 102 valence electrons. The second kappa shape index (κ2) is 5.82. The third kappa shape index (κ3) is 2.91. The van der Waals surface area contributed by atoms with E-state index < -0.39 is 10.0 Å². The molecule has 1 rings (SSSR count). The molecule has 0 fully saturated rings. The second-order valence-electron chi connectivity index (χ2n) is 4.77. The largest absolute Gasteiger partial charge is 0.392 e. The van der Waals surface area contributed by atoms with E-state index in [0.29, 0.717) is 5.56 Å². The Hall–Kier alpha value is -0.910. The monoisotopic (exact) mass is 271 g/mol. The molecule has 0 saturated heterocycles. The van der Waals surface area contributed by atoms with E-state index in [9.17, 15) is 13.5 Å². The molecule has 0 aliphatic rings.